The molecule has 0 atom stereocenters. The molecule has 2 heterocycles. The fourth-order valence-electron chi connectivity index (χ4n) is 2.87. The van der Waals surface area contributed by atoms with Gasteiger partial charge in [-0.1, -0.05) is 40.5 Å². The predicted molar refractivity (Wildman–Crippen MR) is 92.3 cm³/mol. The molecule has 0 aliphatic rings. The second-order valence-electron chi connectivity index (χ2n) is 6.80. The number of rotatable bonds is 9. The molecule has 0 unspecified atom stereocenters. The third-order valence-corrected chi connectivity index (χ3v) is 4.12. The van der Waals surface area contributed by atoms with E-state index in [-0.39, 0.29) is 23.2 Å². The highest BCUT2D eigenvalue weighted by molar-refractivity contribution is 4.93. The lowest BCUT2D eigenvalue weighted by Crippen LogP contribution is -2.20. The van der Waals surface area contributed by atoms with Crippen molar-refractivity contribution in [2.45, 2.75) is 78.3 Å². The first-order chi connectivity index (χ1) is 11.4. The second kappa shape index (κ2) is 8.12. The summed E-state index contributed by atoms with van der Waals surface area (Å²) < 4.78 is 3.45. The van der Waals surface area contributed by atoms with Crippen LogP contribution in [0.1, 0.15) is 76.9 Å². The molecule has 134 valence electrons. The second-order valence-corrected chi connectivity index (χ2v) is 6.80. The van der Waals surface area contributed by atoms with E-state index >= 15 is 0 Å². The molecule has 0 spiro atoms. The monoisotopic (exact) mass is 336 g/mol. The summed E-state index contributed by atoms with van der Waals surface area (Å²) in [5.74, 6) is 2.08. The first-order valence-electron chi connectivity index (χ1n) is 8.72. The topological polar surface area (TPSA) is 101 Å². The van der Waals surface area contributed by atoms with E-state index in [2.05, 4.69) is 20.4 Å². The van der Waals surface area contributed by atoms with Crippen LogP contribution in [0.25, 0.3) is 0 Å². The number of aromatic amines is 2. The highest BCUT2D eigenvalue weighted by Gasteiger charge is 2.12. The summed E-state index contributed by atoms with van der Waals surface area (Å²) in [7, 11) is 0. The number of hydrogen-bond acceptors (Lipinski definition) is 4. The van der Waals surface area contributed by atoms with Gasteiger partial charge in [-0.15, -0.1) is 0 Å². The number of H-pyrrole nitrogens is 2. The molecule has 8 nitrogen and oxygen atoms in total. The van der Waals surface area contributed by atoms with Crippen LogP contribution in [0, 0.1) is 0 Å². The number of hydrogen-bond donors (Lipinski definition) is 2. The van der Waals surface area contributed by atoms with E-state index in [0.29, 0.717) is 13.1 Å². The van der Waals surface area contributed by atoms with Crippen molar-refractivity contribution in [2.24, 2.45) is 0 Å². The Morgan fingerprint density at radius 3 is 1.46 bits per heavy atom. The van der Waals surface area contributed by atoms with Gasteiger partial charge >= 0.3 is 11.4 Å². The Hall–Kier alpha value is -2.12. The van der Waals surface area contributed by atoms with Crippen LogP contribution in [0.5, 0.6) is 0 Å². The van der Waals surface area contributed by atoms with E-state index in [1.807, 2.05) is 27.7 Å². The summed E-state index contributed by atoms with van der Waals surface area (Å²) in [5, 5.41) is 13.2. The van der Waals surface area contributed by atoms with E-state index in [4.69, 9.17) is 0 Å². The first-order valence-corrected chi connectivity index (χ1v) is 8.72. The Labute approximate surface area is 141 Å². The Balaban J connectivity index is 1.77. The maximum Gasteiger partial charge on any atom is 0.343 e. The average Bonchev–Trinajstić information content (AvgIpc) is 3.06. The van der Waals surface area contributed by atoms with Gasteiger partial charge in [-0.05, 0) is 12.8 Å². The van der Waals surface area contributed by atoms with Crippen molar-refractivity contribution in [3.63, 3.8) is 0 Å². The van der Waals surface area contributed by atoms with Gasteiger partial charge in [0.05, 0.1) is 0 Å². The van der Waals surface area contributed by atoms with Crippen molar-refractivity contribution >= 4 is 0 Å². The molecule has 0 saturated heterocycles. The van der Waals surface area contributed by atoms with E-state index in [1.165, 1.54) is 0 Å². The van der Waals surface area contributed by atoms with Crippen LogP contribution in [0.4, 0.5) is 0 Å². The van der Waals surface area contributed by atoms with E-state index in [9.17, 15) is 9.59 Å². The van der Waals surface area contributed by atoms with Gasteiger partial charge in [0.2, 0.25) is 0 Å². The van der Waals surface area contributed by atoms with Crippen molar-refractivity contribution in [1.29, 1.82) is 0 Å². The minimum absolute atomic E-state index is 0.134. The quantitative estimate of drug-likeness (QED) is 0.683. The van der Waals surface area contributed by atoms with Crippen molar-refractivity contribution in [3.05, 3.63) is 32.6 Å². The summed E-state index contributed by atoms with van der Waals surface area (Å²) in [6.45, 7) is 9.49. The zero-order chi connectivity index (χ0) is 17.7. The van der Waals surface area contributed by atoms with Gasteiger partial charge in [0, 0.05) is 24.9 Å². The molecular formula is C16H28N6O2. The summed E-state index contributed by atoms with van der Waals surface area (Å²) >= 11 is 0. The zero-order valence-electron chi connectivity index (χ0n) is 15.0. The van der Waals surface area contributed by atoms with Crippen molar-refractivity contribution in [3.8, 4) is 0 Å². The maximum absolute atomic E-state index is 11.8. The Bertz CT molecular complexity index is 685. The van der Waals surface area contributed by atoms with Crippen LogP contribution >= 0.6 is 0 Å². The number of aromatic nitrogens is 6. The molecule has 0 bridgehead atoms. The minimum atomic E-state index is -0.134. The van der Waals surface area contributed by atoms with E-state index in [0.717, 1.165) is 37.3 Å². The molecule has 8 heteroatoms. The minimum Gasteiger partial charge on any atom is -0.279 e. The molecule has 2 N–H and O–H groups in total. The molecule has 0 aromatic carbocycles. The average molecular weight is 336 g/mol. The van der Waals surface area contributed by atoms with Crippen LogP contribution in [0.2, 0.25) is 0 Å². The van der Waals surface area contributed by atoms with Gasteiger partial charge in [0.1, 0.15) is 11.6 Å². The highest BCUT2D eigenvalue weighted by atomic mass is 16.2. The molecule has 2 aromatic rings. The lowest BCUT2D eigenvalue weighted by atomic mass is 10.1. The van der Waals surface area contributed by atoms with Gasteiger partial charge in [-0.2, -0.15) is 10.2 Å². The summed E-state index contributed by atoms with van der Waals surface area (Å²) in [5.41, 5.74) is -0.268. The summed E-state index contributed by atoms with van der Waals surface area (Å²) in [6, 6.07) is 0. The number of nitrogens with zero attached hydrogens (tertiary/aromatic N) is 4. The molecule has 0 saturated carbocycles. The van der Waals surface area contributed by atoms with Gasteiger partial charge in [0.15, 0.2) is 0 Å². The Morgan fingerprint density at radius 1 is 0.750 bits per heavy atom. The van der Waals surface area contributed by atoms with E-state index in [1.54, 1.807) is 9.13 Å². The predicted octanol–water partition coefficient (Wildman–Crippen LogP) is 1.96. The van der Waals surface area contributed by atoms with Crippen LogP contribution in [0.3, 0.4) is 0 Å². The van der Waals surface area contributed by atoms with Crippen LogP contribution in [0.15, 0.2) is 9.59 Å². The van der Waals surface area contributed by atoms with Gasteiger partial charge in [-0.25, -0.2) is 19.8 Å². The van der Waals surface area contributed by atoms with Gasteiger partial charge in [0.25, 0.3) is 0 Å². The molecule has 2 rings (SSSR count). The SMILES string of the molecule is CC(C)c1n[nH]c(=O)n1CCCCCCn1c(C(C)C)n[nH]c1=O. The molecule has 0 amide bonds. The molecular weight excluding hydrogens is 308 g/mol. The standard InChI is InChI=1S/C16H28N6O2/c1-11(2)13-17-19-15(23)21(13)9-7-5-6-8-10-22-14(12(3)4)18-20-16(22)24/h11-12H,5-10H2,1-4H3,(H,19,23)(H,20,24). The normalized spacial score (nSPS) is 11.8. The molecule has 0 radical (unpaired) electrons. The van der Waals surface area contributed by atoms with Gasteiger partial charge < -0.3 is 0 Å². The number of nitrogens with one attached hydrogen (secondary N) is 2. The van der Waals surface area contributed by atoms with Gasteiger partial charge in [-0.3, -0.25) is 9.13 Å². The van der Waals surface area contributed by atoms with Crippen molar-refractivity contribution < 1.29 is 0 Å². The molecule has 0 fully saturated rings. The fraction of sp³-hybridized carbons (Fsp3) is 0.750. The summed E-state index contributed by atoms with van der Waals surface area (Å²) in [4.78, 5) is 23.5. The van der Waals surface area contributed by atoms with Crippen LogP contribution < -0.4 is 11.4 Å². The zero-order valence-corrected chi connectivity index (χ0v) is 15.0. The Morgan fingerprint density at radius 2 is 1.12 bits per heavy atom. The van der Waals surface area contributed by atoms with Crippen LogP contribution in [-0.4, -0.2) is 29.5 Å². The Kier molecular flexibility index (Phi) is 6.16. The number of unbranched alkanes of at least 4 members (excludes halogenated alkanes) is 3. The molecule has 0 aliphatic carbocycles. The van der Waals surface area contributed by atoms with Crippen LogP contribution in [-0.2, 0) is 13.1 Å². The maximum atomic E-state index is 11.8. The largest absolute Gasteiger partial charge is 0.343 e. The smallest absolute Gasteiger partial charge is 0.279 e. The molecule has 24 heavy (non-hydrogen) atoms. The third-order valence-electron chi connectivity index (χ3n) is 4.12. The van der Waals surface area contributed by atoms with E-state index < -0.39 is 0 Å². The summed E-state index contributed by atoms with van der Waals surface area (Å²) in [6.07, 6.45) is 3.88. The lowest BCUT2D eigenvalue weighted by Gasteiger charge is -2.09. The van der Waals surface area contributed by atoms with Crippen molar-refractivity contribution in [2.75, 3.05) is 0 Å². The first kappa shape index (κ1) is 18.2. The van der Waals surface area contributed by atoms with Crippen molar-refractivity contribution in [1.82, 2.24) is 29.5 Å². The third kappa shape index (κ3) is 4.24. The highest BCUT2D eigenvalue weighted by Crippen LogP contribution is 2.12. The molecule has 0 aliphatic heterocycles. The fourth-order valence-corrected chi connectivity index (χ4v) is 2.87. The molecule has 2 aromatic heterocycles. The lowest BCUT2D eigenvalue weighted by molar-refractivity contribution is 0.506.